The second kappa shape index (κ2) is 7.41. The normalized spacial score (nSPS) is 11.1. The van der Waals surface area contributed by atoms with E-state index in [9.17, 15) is 14.7 Å². The van der Waals surface area contributed by atoms with Crippen LogP contribution in [0.4, 0.5) is 5.69 Å². The molecule has 0 saturated carbocycles. The molecule has 0 spiro atoms. The fourth-order valence-electron chi connectivity index (χ4n) is 2.74. The van der Waals surface area contributed by atoms with Crippen LogP contribution in [0.5, 0.6) is 0 Å². The number of hydrogen-bond acceptors (Lipinski definition) is 6. The number of rotatable bonds is 5. The van der Waals surface area contributed by atoms with Gasteiger partial charge in [-0.1, -0.05) is 12.1 Å². The van der Waals surface area contributed by atoms with Crippen molar-refractivity contribution in [3.8, 4) is 11.3 Å². The molecule has 0 saturated heterocycles. The molecule has 3 heterocycles. The van der Waals surface area contributed by atoms with Gasteiger partial charge in [-0.05, 0) is 18.2 Å². The Hall–Kier alpha value is -3.85. The molecule has 4 rings (SSSR count). The number of carbonyl (C=O) groups is 2. The molecule has 0 radical (unpaired) electrons. The van der Waals surface area contributed by atoms with Gasteiger partial charge in [-0.25, -0.2) is 19.7 Å². The van der Waals surface area contributed by atoms with Gasteiger partial charge in [0, 0.05) is 35.1 Å². The summed E-state index contributed by atoms with van der Waals surface area (Å²) in [7, 11) is 0. The van der Waals surface area contributed by atoms with Crippen LogP contribution in [-0.2, 0) is 4.79 Å². The number of fused-ring (bicyclic) bond motifs is 1. The highest BCUT2D eigenvalue weighted by molar-refractivity contribution is 7.10. The number of carbonyl (C=O) groups excluding carboxylic acids is 1. The van der Waals surface area contributed by atoms with Crippen LogP contribution in [0.15, 0.2) is 54.4 Å². The maximum Gasteiger partial charge on any atom is 0.338 e. The van der Waals surface area contributed by atoms with Crippen LogP contribution in [0, 0.1) is 0 Å². The van der Waals surface area contributed by atoms with Crippen LogP contribution in [0.2, 0.25) is 0 Å². The van der Waals surface area contributed by atoms with Crippen molar-refractivity contribution in [2.45, 2.75) is 0 Å². The highest BCUT2D eigenvalue weighted by Gasteiger charge is 2.17. The zero-order valence-corrected chi connectivity index (χ0v) is 15.1. The number of amides is 1. The second-order valence-electron chi connectivity index (χ2n) is 5.73. The van der Waals surface area contributed by atoms with Crippen LogP contribution in [0.1, 0.15) is 15.4 Å². The molecule has 0 aliphatic heterocycles. The molecule has 0 aliphatic carbocycles. The van der Waals surface area contributed by atoms with Gasteiger partial charge in [0.05, 0.1) is 16.6 Å². The summed E-state index contributed by atoms with van der Waals surface area (Å²) in [6, 6.07) is 7.03. The molecule has 8 nitrogen and oxygen atoms in total. The van der Waals surface area contributed by atoms with Crippen LogP contribution < -0.4 is 5.32 Å². The summed E-state index contributed by atoms with van der Waals surface area (Å²) in [5, 5.41) is 15.2. The number of carboxylic acid groups (broad SMARTS) is 1. The number of aromatic amines is 1. The number of H-pyrrole nitrogens is 1. The standard InChI is InChI=1S/C19H13N5O3S/c25-14(4-5-15-20-6-7-28-15)24-12-3-1-2-11(8-12)17-16-13(19(26)27)9-21-18(16)23-10-22-17/h1-10H,(H,24,25)(H,26,27)(H,21,22,23)/b5-4+. The van der Waals surface area contributed by atoms with Gasteiger partial charge in [-0.3, -0.25) is 4.79 Å². The summed E-state index contributed by atoms with van der Waals surface area (Å²) >= 11 is 1.43. The molecule has 138 valence electrons. The Morgan fingerprint density at radius 1 is 1.21 bits per heavy atom. The van der Waals surface area contributed by atoms with Gasteiger partial charge < -0.3 is 15.4 Å². The van der Waals surface area contributed by atoms with E-state index in [1.807, 2.05) is 5.38 Å². The first-order valence-corrected chi connectivity index (χ1v) is 9.04. The first-order valence-electron chi connectivity index (χ1n) is 8.16. The molecule has 0 aliphatic rings. The fraction of sp³-hybridized carbons (Fsp3) is 0. The van der Waals surface area contributed by atoms with E-state index in [4.69, 9.17) is 0 Å². The maximum atomic E-state index is 12.1. The van der Waals surface area contributed by atoms with Crippen molar-refractivity contribution >= 4 is 46.0 Å². The van der Waals surface area contributed by atoms with Gasteiger partial charge in [-0.15, -0.1) is 11.3 Å². The third-order valence-electron chi connectivity index (χ3n) is 3.93. The summed E-state index contributed by atoms with van der Waals surface area (Å²) < 4.78 is 0. The Kier molecular flexibility index (Phi) is 4.65. The number of hydrogen-bond donors (Lipinski definition) is 3. The van der Waals surface area contributed by atoms with E-state index in [2.05, 4.69) is 25.3 Å². The molecule has 3 aromatic heterocycles. The topological polar surface area (TPSA) is 121 Å². The van der Waals surface area contributed by atoms with E-state index in [0.29, 0.717) is 28.0 Å². The quantitative estimate of drug-likeness (QED) is 0.448. The SMILES string of the molecule is O=C(/C=C/c1nccs1)Nc1cccc(-c2ncnc3[nH]cc(C(=O)O)c23)c1. The number of nitrogens with one attached hydrogen (secondary N) is 2. The summed E-state index contributed by atoms with van der Waals surface area (Å²) in [5.74, 6) is -1.37. The van der Waals surface area contributed by atoms with Crippen LogP contribution in [0.25, 0.3) is 28.4 Å². The lowest BCUT2D eigenvalue weighted by Crippen LogP contribution is -2.07. The van der Waals surface area contributed by atoms with Gasteiger partial charge in [0.1, 0.15) is 17.0 Å². The lowest BCUT2D eigenvalue weighted by atomic mass is 10.1. The van der Waals surface area contributed by atoms with Crippen molar-refractivity contribution in [1.82, 2.24) is 19.9 Å². The van der Waals surface area contributed by atoms with Gasteiger partial charge >= 0.3 is 5.97 Å². The van der Waals surface area contributed by atoms with Gasteiger partial charge in [0.2, 0.25) is 5.91 Å². The summed E-state index contributed by atoms with van der Waals surface area (Å²) in [6.45, 7) is 0. The monoisotopic (exact) mass is 391 g/mol. The minimum atomic E-state index is -1.07. The number of nitrogens with zero attached hydrogens (tertiary/aromatic N) is 3. The molecular formula is C19H13N5O3S. The molecule has 0 fully saturated rings. The molecule has 0 unspecified atom stereocenters. The van der Waals surface area contributed by atoms with E-state index >= 15 is 0 Å². The van der Waals surface area contributed by atoms with Gasteiger partial charge in [0.25, 0.3) is 0 Å². The Morgan fingerprint density at radius 2 is 2.11 bits per heavy atom. The molecular weight excluding hydrogens is 378 g/mol. The number of carboxylic acids is 1. The van der Waals surface area contributed by atoms with Crippen LogP contribution in [0.3, 0.4) is 0 Å². The van der Waals surface area contributed by atoms with E-state index in [1.165, 1.54) is 29.9 Å². The smallest absolute Gasteiger partial charge is 0.338 e. The minimum Gasteiger partial charge on any atom is -0.478 e. The molecule has 28 heavy (non-hydrogen) atoms. The van der Waals surface area contributed by atoms with E-state index in [1.54, 1.807) is 36.5 Å². The highest BCUT2D eigenvalue weighted by atomic mass is 32.1. The number of thiazole rings is 1. The first kappa shape index (κ1) is 17.6. The summed E-state index contributed by atoms with van der Waals surface area (Å²) in [6.07, 6.45) is 7.46. The Bertz CT molecular complexity index is 1200. The van der Waals surface area contributed by atoms with Gasteiger partial charge in [-0.2, -0.15) is 0 Å². The number of aromatic nitrogens is 4. The summed E-state index contributed by atoms with van der Waals surface area (Å²) in [4.78, 5) is 38.9. The third-order valence-corrected chi connectivity index (χ3v) is 4.67. The van der Waals surface area contributed by atoms with Crippen molar-refractivity contribution in [2.24, 2.45) is 0 Å². The zero-order valence-electron chi connectivity index (χ0n) is 14.3. The summed E-state index contributed by atoms with van der Waals surface area (Å²) in [5.41, 5.74) is 2.22. The molecule has 0 bridgehead atoms. The highest BCUT2D eigenvalue weighted by Crippen LogP contribution is 2.29. The molecule has 1 amide bonds. The van der Waals surface area contributed by atoms with Crippen molar-refractivity contribution in [3.63, 3.8) is 0 Å². The predicted octanol–water partition coefficient (Wildman–Crippen LogP) is 3.43. The molecule has 9 heteroatoms. The second-order valence-corrected chi connectivity index (χ2v) is 6.65. The van der Waals surface area contributed by atoms with Crippen molar-refractivity contribution < 1.29 is 14.7 Å². The Balaban J connectivity index is 1.64. The van der Waals surface area contributed by atoms with Crippen LogP contribution >= 0.6 is 11.3 Å². The number of aromatic carboxylic acids is 1. The molecule has 1 aromatic carbocycles. The van der Waals surface area contributed by atoms with E-state index in [-0.39, 0.29) is 11.5 Å². The lowest BCUT2D eigenvalue weighted by molar-refractivity contribution is -0.111. The largest absolute Gasteiger partial charge is 0.478 e. The average molecular weight is 391 g/mol. The predicted molar refractivity (Wildman–Crippen MR) is 106 cm³/mol. The molecule has 0 atom stereocenters. The first-order chi connectivity index (χ1) is 13.6. The van der Waals surface area contributed by atoms with Crippen LogP contribution in [-0.4, -0.2) is 36.9 Å². The van der Waals surface area contributed by atoms with E-state index in [0.717, 1.165) is 5.01 Å². The van der Waals surface area contributed by atoms with Crippen molar-refractivity contribution in [1.29, 1.82) is 0 Å². The Labute approximate surface area is 162 Å². The average Bonchev–Trinajstić information content (AvgIpc) is 3.36. The van der Waals surface area contributed by atoms with Crippen molar-refractivity contribution in [2.75, 3.05) is 5.32 Å². The minimum absolute atomic E-state index is 0.0893. The molecule has 4 aromatic rings. The molecule has 3 N–H and O–H groups in total. The number of anilines is 1. The number of benzene rings is 1. The van der Waals surface area contributed by atoms with Crippen molar-refractivity contribution in [3.05, 3.63) is 65.0 Å². The zero-order chi connectivity index (χ0) is 19.5. The van der Waals surface area contributed by atoms with Gasteiger partial charge in [0.15, 0.2) is 0 Å². The Morgan fingerprint density at radius 3 is 2.89 bits per heavy atom. The fourth-order valence-corrected chi connectivity index (χ4v) is 3.27. The maximum absolute atomic E-state index is 12.1. The van der Waals surface area contributed by atoms with E-state index < -0.39 is 5.97 Å². The third kappa shape index (κ3) is 3.51. The lowest BCUT2D eigenvalue weighted by Gasteiger charge is -2.07.